The summed E-state index contributed by atoms with van der Waals surface area (Å²) in [7, 11) is 3.40. The molecule has 0 aliphatic carbocycles. The highest BCUT2D eigenvalue weighted by Gasteiger charge is 2.13. The summed E-state index contributed by atoms with van der Waals surface area (Å²) in [5.74, 6) is 1.77. The molecule has 0 unspecified atom stereocenters. The van der Waals surface area contributed by atoms with Crippen LogP contribution in [0.3, 0.4) is 0 Å². The molecule has 3 aromatic carbocycles. The predicted octanol–water partition coefficient (Wildman–Crippen LogP) is 6.92. The Kier molecular flexibility index (Phi) is 8.84. The summed E-state index contributed by atoms with van der Waals surface area (Å²) in [6.45, 7) is 4.88. The number of benzene rings is 3. The van der Waals surface area contributed by atoms with Crippen LogP contribution in [0.25, 0.3) is 10.9 Å². The number of aromatic nitrogens is 1. The summed E-state index contributed by atoms with van der Waals surface area (Å²) >= 11 is 3.62. The lowest BCUT2D eigenvalue weighted by atomic mass is 10.1. The summed E-state index contributed by atoms with van der Waals surface area (Å²) in [5.41, 5.74) is 6.37. The van der Waals surface area contributed by atoms with E-state index in [-0.39, 0.29) is 12.4 Å². The van der Waals surface area contributed by atoms with E-state index in [1.54, 1.807) is 14.2 Å². The number of ether oxygens (including phenoxy) is 2. The molecular formula is C27H30BrClN2O2. The van der Waals surface area contributed by atoms with Crippen molar-refractivity contribution in [1.29, 1.82) is 0 Å². The average molecular weight is 530 g/mol. The molecule has 4 rings (SSSR count). The molecule has 33 heavy (non-hydrogen) atoms. The fraction of sp³-hybridized carbons (Fsp3) is 0.259. The molecule has 0 amide bonds. The van der Waals surface area contributed by atoms with E-state index in [0.29, 0.717) is 0 Å². The second kappa shape index (κ2) is 11.6. The van der Waals surface area contributed by atoms with Crippen LogP contribution in [0.4, 0.5) is 0 Å². The Morgan fingerprint density at radius 1 is 0.818 bits per heavy atom. The van der Waals surface area contributed by atoms with Gasteiger partial charge in [0.05, 0.1) is 14.2 Å². The van der Waals surface area contributed by atoms with Crippen LogP contribution in [0.5, 0.6) is 11.5 Å². The fourth-order valence-corrected chi connectivity index (χ4v) is 4.50. The Labute approximate surface area is 210 Å². The number of aromatic amines is 1. The van der Waals surface area contributed by atoms with E-state index in [0.717, 1.165) is 42.0 Å². The van der Waals surface area contributed by atoms with E-state index in [1.165, 1.54) is 33.3 Å². The third-order valence-corrected chi connectivity index (χ3v) is 6.38. The number of aryl methyl sites for hydroxylation is 1. The van der Waals surface area contributed by atoms with Crippen molar-refractivity contribution < 1.29 is 9.47 Å². The zero-order valence-electron chi connectivity index (χ0n) is 19.2. The first-order valence-corrected chi connectivity index (χ1v) is 11.6. The molecule has 174 valence electrons. The monoisotopic (exact) mass is 528 g/mol. The molecule has 6 heteroatoms. The van der Waals surface area contributed by atoms with Gasteiger partial charge in [0.25, 0.3) is 0 Å². The second-order valence-corrected chi connectivity index (χ2v) is 8.99. The van der Waals surface area contributed by atoms with Gasteiger partial charge in [0.2, 0.25) is 0 Å². The molecule has 4 nitrogen and oxygen atoms in total. The highest BCUT2D eigenvalue weighted by molar-refractivity contribution is 9.10. The SMILES string of the molecule is COc1ccc(CN(CCc2c(C)[nH]c3ccc(Br)cc23)Cc2ccc(OC)cc2)cc1.Cl. The summed E-state index contributed by atoms with van der Waals surface area (Å²) in [6.07, 6.45) is 0.981. The summed E-state index contributed by atoms with van der Waals surface area (Å²) in [5, 5.41) is 1.30. The first-order valence-electron chi connectivity index (χ1n) is 10.8. The van der Waals surface area contributed by atoms with E-state index in [2.05, 4.69) is 75.2 Å². The highest BCUT2D eigenvalue weighted by atomic mass is 79.9. The number of methoxy groups -OCH3 is 2. The van der Waals surface area contributed by atoms with E-state index in [1.807, 2.05) is 24.3 Å². The lowest BCUT2D eigenvalue weighted by Crippen LogP contribution is -2.25. The van der Waals surface area contributed by atoms with Crippen LogP contribution in [-0.4, -0.2) is 30.6 Å². The molecule has 4 aromatic rings. The molecule has 0 bridgehead atoms. The van der Waals surface area contributed by atoms with Crippen LogP contribution in [0.1, 0.15) is 22.4 Å². The number of rotatable bonds is 9. The Balaban J connectivity index is 0.00000306. The summed E-state index contributed by atoms with van der Waals surface area (Å²) < 4.78 is 11.7. The van der Waals surface area contributed by atoms with Crippen LogP contribution in [-0.2, 0) is 19.5 Å². The molecule has 0 spiro atoms. The van der Waals surface area contributed by atoms with Crippen molar-refractivity contribution in [3.8, 4) is 11.5 Å². The van der Waals surface area contributed by atoms with Crippen molar-refractivity contribution in [2.24, 2.45) is 0 Å². The minimum Gasteiger partial charge on any atom is -0.497 e. The number of nitrogens with one attached hydrogen (secondary N) is 1. The Hall–Kier alpha value is -2.47. The molecule has 0 aliphatic heterocycles. The normalized spacial score (nSPS) is 10.9. The summed E-state index contributed by atoms with van der Waals surface area (Å²) in [6, 6.07) is 23.1. The van der Waals surface area contributed by atoms with Crippen molar-refractivity contribution in [2.45, 2.75) is 26.4 Å². The first-order chi connectivity index (χ1) is 15.6. The smallest absolute Gasteiger partial charge is 0.118 e. The molecule has 1 aromatic heterocycles. The van der Waals surface area contributed by atoms with Gasteiger partial charge in [-0.05, 0) is 72.5 Å². The Morgan fingerprint density at radius 3 is 1.88 bits per heavy atom. The zero-order chi connectivity index (χ0) is 22.5. The van der Waals surface area contributed by atoms with Crippen molar-refractivity contribution in [2.75, 3.05) is 20.8 Å². The van der Waals surface area contributed by atoms with Crippen LogP contribution < -0.4 is 9.47 Å². The predicted molar refractivity (Wildman–Crippen MR) is 142 cm³/mol. The van der Waals surface area contributed by atoms with Gasteiger partial charge in [0.15, 0.2) is 0 Å². The number of halogens is 2. The molecule has 0 fully saturated rings. The van der Waals surface area contributed by atoms with Gasteiger partial charge in [0, 0.05) is 40.7 Å². The van der Waals surface area contributed by atoms with Crippen LogP contribution in [0, 0.1) is 6.92 Å². The topological polar surface area (TPSA) is 37.5 Å². The number of fused-ring (bicyclic) bond motifs is 1. The van der Waals surface area contributed by atoms with E-state index < -0.39 is 0 Å². The molecule has 0 atom stereocenters. The second-order valence-electron chi connectivity index (χ2n) is 8.08. The molecule has 0 radical (unpaired) electrons. The maximum atomic E-state index is 5.32. The maximum absolute atomic E-state index is 5.32. The number of hydrogen-bond acceptors (Lipinski definition) is 3. The van der Waals surface area contributed by atoms with E-state index in [4.69, 9.17) is 9.47 Å². The maximum Gasteiger partial charge on any atom is 0.118 e. The van der Waals surface area contributed by atoms with Crippen molar-refractivity contribution in [1.82, 2.24) is 9.88 Å². The molecule has 0 saturated carbocycles. The number of nitrogens with zero attached hydrogens (tertiary/aromatic N) is 1. The molecule has 1 heterocycles. The third kappa shape index (κ3) is 6.32. The number of hydrogen-bond donors (Lipinski definition) is 1. The molecular weight excluding hydrogens is 500 g/mol. The van der Waals surface area contributed by atoms with Crippen molar-refractivity contribution >= 4 is 39.2 Å². The van der Waals surface area contributed by atoms with Crippen LogP contribution in [0.2, 0.25) is 0 Å². The van der Waals surface area contributed by atoms with Gasteiger partial charge in [-0.2, -0.15) is 0 Å². The van der Waals surface area contributed by atoms with E-state index >= 15 is 0 Å². The van der Waals surface area contributed by atoms with E-state index in [9.17, 15) is 0 Å². The lowest BCUT2D eigenvalue weighted by Gasteiger charge is -2.23. The van der Waals surface area contributed by atoms with Gasteiger partial charge >= 0.3 is 0 Å². The lowest BCUT2D eigenvalue weighted by molar-refractivity contribution is 0.260. The van der Waals surface area contributed by atoms with Crippen molar-refractivity contribution in [3.05, 3.63) is 93.6 Å². The van der Waals surface area contributed by atoms with Gasteiger partial charge in [0.1, 0.15) is 11.5 Å². The quantitative estimate of drug-likeness (QED) is 0.256. The van der Waals surface area contributed by atoms with Crippen LogP contribution in [0.15, 0.2) is 71.2 Å². The number of H-pyrrole nitrogens is 1. The van der Waals surface area contributed by atoms with Gasteiger partial charge in [-0.25, -0.2) is 0 Å². The fourth-order valence-electron chi connectivity index (χ4n) is 4.14. The largest absolute Gasteiger partial charge is 0.497 e. The van der Waals surface area contributed by atoms with Gasteiger partial charge < -0.3 is 14.5 Å². The average Bonchev–Trinajstić information content (AvgIpc) is 3.12. The molecule has 1 N–H and O–H groups in total. The molecule has 0 saturated heterocycles. The molecule has 0 aliphatic rings. The summed E-state index contributed by atoms with van der Waals surface area (Å²) in [4.78, 5) is 6.04. The standard InChI is InChI=1S/C27H29BrN2O2.ClH/c1-19-25(26-16-22(28)8-13-27(26)29-19)14-15-30(17-20-4-9-23(31-2)10-5-20)18-21-6-11-24(32-3)12-7-21;/h4-13,16,29H,14-15,17-18H2,1-3H3;1H. The zero-order valence-corrected chi connectivity index (χ0v) is 21.6. The first kappa shape index (κ1) is 25.2. The Bertz CT molecular complexity index is 1120. The van der Waals surface area contributed by atoms with Gasteiger partial charge in [-0.3, -0.25) is 4.90 Å². The van der Waals surface area contributed by atoms with Crippen LogP contribution >= 0.6 is 28.3 Å². The third-order valence-electron chi connectivity index (χ3n) is 5.89. The minimum absolute atomic E-state index is 0. The minimum atomic E-state index is 0. The Morgan fingerprint density at radius 2 is 1.36 bits per heavy atom. The van der Waals surface area contributed by atoms with Crippen molar-refractivity contribution in [3.63, 3.8) is 0 Å². The van der Waals surface area contributed by atoms with Gasteiger partial charge in [-0.15, -0.1) is 12.4 Å². The highest BCUT2D eigenvalue weighted by Crippen LogP contribution is 2.26. The van der Waals surface area contributed by atoms with Gasteiger partial charge in [-0.1, -0.05) is 40.2 Å².